The van der Waals surface area contributed by atoms with E-state index in [1.54, 1.807) is 0 Å². The molecular formula is C41H30N4O3. The van der Waals surface area contributed by atoms with Crippen molar-refractivity contribution in [2.24, 2.45) is 0 Å². The summed E-state index contributed by atoms with van der Waals surface area (Å²) in [6.45, 7) is 5.87. The highest BCUT2D eigenvalue weighted by Crippen LogP contribution is 2.30. The fraction of sp³-hybridized carbons (Fsp3) is 0.0244. The molecule has 0 unspecified atom stereocenters. The predicted molar refractivity (Wildman–Crippen MR) is 189 cm³/mol. The summed E-state index contributed by atoms with van der Waals surface area (Å²) in [6.07, 6.45) is 5.77. The van der Waals surface area contributed by atoms with Gasteiger partial charge in [-0.25, -0.2) is 0 Å². The Bertz CT molecular complexity index is 2200. The van der Waals surface area contributed by atoms with Crippen LogP contribution >= 0.6 is 0 Å². The molecule has 0 amide bonds. The highest BCUT2D eigenvalue weighted by atomic mass is 16.5. The van der Waals surface area contributed by atoms with Crippen LogP contribution < -0.4 is 4.74 Å². The number of rotatable bonds is 10. The minimum atomic E-state index is 0.427. The van der Waals surface area contributed by atoms with Crippen molar-refractivity contribution >= 4 is 11.1 Å². The van der Waals surface area contributed by atoms with Gasteiger partial charge in [0.2, 0.25) is 23.6 Å². The monoisotopic (exact) mass is 626 g/mol. The van der Waals surface area contributed by atoms with E-state index in [1.807, 2.05) is 134 Å². The summed E-state index contributed by atoms with van der Waals surface area (Å²) >= 11 is 0. The standard InChI is InChI=1S/C41H30N4O3/c1-3-29(30-10-6-4-7-11-30)15-14-28(2)38-42-43-39(47-38)34-20-24-36(25-21-34)46-37-26-22-35(23-27-37)41-45-44-40(48-41)33-18-16-32(17-19-33)31-12-8-5-9-13-31/h3-27H,1H2,2H3/b28-14+,29-15+. The Hall–Kier alpha value is -6.60. The van der Waals surface area contributed by atoms with Crippen molar-refractivity contribution in [3.05, 3.63) is 170 Å². The lowest BCUT2D eigenvalue weighted by Crippen LogP contribution is -1.85. The summed E-state index contributed by atoms with van der Waals surface area (Å²) in [4.78, 5) is 0. The minimum absolute atomic E-state index is 0.427. The van der Waals surface area contributed by atoms with Gasteiger partial charge in [-0.2, -0.15) is 0 Å². The van der Waals surface area contributed by atoms with Crippen molar-refractivity contribution in [1.82, 2.24) is 20.4 Å². The number of benzene rings is 5. The Morgan fingerprint density at radius 1 is 0.521 bits per heavy atom. The second kappa shape index (κ2) is 13.8. The summed E-state index contributed by atoms with van der Waals surface area (Å²) in [7, 11) is 0. The first-order chi connectivity index (χ1) is 23.6. The average Bonchev–Trinajstić information content (AvgIpc) is 3.85. The third-order valence-electron chi connectivity index (χ3n) is 7.70. The van der Waals surface area contributed by atoms with Gasteiger partial charge in [-0.1, -0.05) is 97.6 Å². The van der Waals surface area contributed by atoms with Crippen molar-refractivity contribution in [2.75, 3.05) is 0 Å². The van der Waals surface area contributed by atoms with Crippen LogP contribution in [-0.4, -0.2) is 20.4 Å². The molecule has 0 aliphatic rings. The summed E-state index contributed by atoms with van der Waals surface area (Å²) < 4.78 is 18.0. The molecule has 0 radical (unpaired) electrons. The van der Waals surface area contributed by atoms with Crippen LogP contribution in [0.1, 0.15) is 18.4 Å². The molecule has 0 saturated heterocycles. The lowest BCUT2D eigenvalue weighted by molar-refractivity contribution is 0.482. The van der Waals surface area contributed by atoms with Crippen molar-refractivity contribution in [3.63, 3.8) is 0 Å². The van der Waals surface area contributed by atoms with Crippen LogP contribution in [0.3, 0.4) is 0 Å². The number of allylic oxidation sites excluding steroid dienone is 5. The van der Waals surface area contributed by atoms with Gasteiger partial charge in [-0.3, -0.25) is 0 Å². The smallest absolute Gasteiger partial charge is 0.248 e. The molecule has 48 heavy (non-hydrogen) atoms. The molecule has 0 N–H and O–H groups in total. The van der Waals surface area contributed by atoms with Gasteiger partial charge in [-0.05, 0) is 89.9 Å². The largest absolute Gasteiger partial charge is 0.457 e. The van der Waals surface area contributed by atoms with E-state index in [-0.39, 0.29) is 0 Å². The van der Waals surface area contributed by atoms with E-state index in [0.717, 1.165) is 44.5 Å². The van der Waals surface area contributed by atoms with E-state index in [0.29, 0.717) is 35.1 Å². The van der Waals surface area contributed by atoms with Gasteiger partial charge in [-0.15, -0.1) is 20.4 Å². The third-order valence-corrected chi connectivity index (χ3v) is 7.70. The van der Waals surface area contributed by atoms with Gasteiger partial charge in [0.15, 0.2) is 0 Å². The maximum atomic E-state index is 6.07. The molecule has 0 aliphatic heterocycles. The quantitative estimate of drug-likeness (QED) is 0.140. The van der Waals surface area contributed by atoms with Gasteiger partial charge in [0.25, 0.3) is 0 Å². The molecule has 7 nitrogen and oxygen atoms in total. The van der Waals surface area contributed by atoms with E-state index in [4.69, 9.17) is 13.6 Å². The van der Waals surface area contributed by atoms with Crippen molar-refractivity contribution in [1.29, 1.82) is 0 Å². The van der Waals surface area contributed by atoms with Crippen LogP contribution in [0.2, 0.25) is 0 Å². The zero-order chi connectivity index (χ0) is 32.7. The predicted octanol–water partition coefficient (Wildman–Crippen LogP) is 10.6. The highest BCUT2D eigenvalue weighted by Gasteiger charge is 2.13. The maximum Gasteiger partial charge on any atom is 0.248 e. The van der Waals surface area contributed by atoms with E-state index >= 15 is 0 Å². The van der Waals surface area contributed by atoms with Crippen molar-refractivity contribution in [2.45, 2.75) is 6.92 Å². The lowest BCUT2D eigenvalue weighted by atomic mass is 10.0. The molecule has 7 aromatic rings. The number of nitrogens with zero attached hydrogens (tertiary/aromatic N) is 4. The molecule has 0 saturated carbocycles. The third kappa shape index (κ3) is 6.80. The number of aromatic nitrogens is 4. The first kappa shape index (κ1) is 30.1. The van der Waals surface area contributed by atoms with Gasteiger partial charge in [0, 0.05) is 22.3 Å². The molecule has 5 aromatic carbocycles. The van der Waals surface area contributed by atoms with Gasteiger partial charge in [0.05, 0.1) is 0 Å². The maximum absolute atomic E-state index is 6.07. The molecule has 0 atom stereocenters. The van der Waals surface area contributed by atoms with Crippen LogP contribution in [0.4, 0.5) is 0 Å². The van der Waals surface area contributed by atoms with E-state index in [9.17, 15) is 0 Å². The van der Waals surface area contributed by atoms with Crippen LogP contribution in [0, 0.1) is 0 Å². The molecule has 7 heteroatoms. The van der Waals surface area contributed by atoms with Gasteiger partial charge >= 0.3 is 0 Å². The van der Waals surface area contributed by atoms with Crippen LogP contribution in [0.5, 0.6) is 11.5 Å². The zero-order valence-electron chi connectivity index (χ0n) is 26.2. The Morgan fingerprint density at radius 3 is 1.54 bits per heavy atom. The van der Waals surface area contributed by atoms with Gasteiger partial charge < -0.3 is 13.6 Å². The highest BCUT2D eigenvalue weighted by molar-refractivity contribution is 5.76. The number of hydrogen-bond acceptors (Lipinski definition) is 7. The second-order valence-electron chi connectivity index (χ2n) is 11.0. The topological polar surface area (TPSA) is 87.1 Å². The van der Waals surface area contributed by atoms with Crippen LogP contribution in [-0.2, 0) is 0 Å². The first-order valence-electron chi connectivity index (χ1n) is 15.4. The van der Waals surface area contributed by atoms with E-state index in [1.165, 1.54) is 0 Å². The Kier molecular flexibility index (Phi) is 8.65. The SMILES string of the molecule is C=C/C(=C\C=C(/C)c1nnc(-c2ccc(Oc3ccc(-c4nnc(-c5ccc(-c6ccccc6)cc5)o4)cc3)cc2)o1)c1ccccc1. The first-order valence-corrected chi connectivity index (χ1v) is 15.4. The molecule has 0 fully saturated rings. The van der Waals surface area contributed by atoms with Crippen molar-refractivity contribution in [3.8, 4) is 57.0 Å². The molecule has 0 aliphatic carbocycles. The Balaban J connectivity index is 0.979. The molecule has 0 spiro atoms. The molecule has 232 valence electrons. The second-order valence-corrected chi connectivity index (χ2v) is 11.0. The molecule has 2 aromatic heterocycles. The summed E-state index contributed by atoms with van der Waals surface area (Å²) in [5, 5.41) is 17.0. The average molecular weight is 627 g/mol. The summed E-state index contributed by atoms with van der Waals surface area (Å²) in [6, 6.07) is 43.4. The molecular weight excluding hydrogens is 596 g/mol. The van der Waals surface area contributed by atoms with Gasteiger partial charge in [0.1, 0.15) is 11.5 Å². The fourth-order valence-corrected chi connectivity index (χ4v) is 5.06. The van der Waals surface area contributed by atoms with Crippen molar-refractivity contribution < 1.29 is 13.6 Å². The summed E-state index contributed by atoms with van der Waals surface area (Å²) in [5.74, 6) is 3.12. The van der Waals surface area contributed by atoms with E-state index in [2.05, 4.69) is 51.2 Å². The van der Waals surface area contributed by atoms with Crippen LogP contribution in [0.15, 0.2) is 167 Å². The fourth-order valence-electron chi connectivity index (χ4n) is 5.06. The summed E-state index contributed by atoms with van der Waals surface area (Å²) in [5.41, 5.74) is 7.67. The molecule has 0 bridgehead atoms. The van der Waals surface area contributed by atoms with E-state index < -0.39 is 0 Å². The minimum Gasteiger partial charge on any atom is -0.457 e. The lowest BCUT2D eigenvalue weighted by Gasteiger charge is -2.06. The molecule has 2 heterocycles. The Morgan fingerprint density at radius 2 is 0.979 bits per heavy atom. The molecule has 7 rings (SSSR count). The Labute approximate surface area is 278 Å². The number of hydrogen-bond donors (Lipinski definition) is 0. The normalized spacial score (nSPS) is 11.8. The van der Waals surface area contributed by atoms with Crippen LogP contribution in [0.25, 0.3) is 56.6 Å². The number of ether oxygens (including phenoxy) is 1. The zero-order valence-corrected chi connectivity index (χ0v) is 26.2.